The van der Waals surface area contributed by atoms with E-state index in [9.17, 15) is 4.79 Å². The van der Waals surface area contributed by atoms with Gasteiger partial charge >= 0.3 is 0 Å². The summed E-state index contributed by atoms with van der Waals surface area (Å²) >= 11 is 0. The third kappa shape index (κ3) is 2.69. The van der Waals surface area contributed by atoms with Crippen molar-refractivity contribution in [3.05, 3.63) is 0 Å². The van der Waals surface area contributed by atoms with Crippen molar-refractivity contribution in [3.8, 4) is 0 Å². The number of carbonyl (C=O) groups excluding carboxylic acids is 1. The van der Waals surface area contributed by atoms with Crippen LogP contribution in [0.1, 0.15) is 45.4 Å². The van der Waals surface area contributed by atoms with Crippen LogP contribution in [-0.2, 0) is 4.79 Å². The van der Waals surface area contributed by atoms with Crippen LogP contribution in [0.2, 0.25) is 0 Å². The molecule has 0 spiro atoms. The molecule has 2 rings (SSSR count). The predicted octanol–water partition coefficient (Wildman–Crippen LogP) is 1.10. The van der Waals surface area contributed by atoms with Gasteiger partial charge in [0.1, 0.15) is 5.54 Å². The molecule has 1 heterocycles. The van der Waals surface area contributed by atoms with Crippen LogP contribution in [0.5, 0.6) is 0 Å². The molecule has 2 unspecified atom stereocenters. The summed E-state index contributed by atoms with van der Waals surface area (Å²) in [6.07, 6.45) is 8.06. The maximum absolute atomic E-state index is 11.6. The van der Waals surface area contributed by atoms with E-state index in [0.717, 1.165) is 19.0 Å². The second kappa shape index (κ2) is 5.57. The van der Waals surface area contributed by atoms with Crippen LogP contribution in [-0.4, -0.2) is 42.5 Å². The van der Waals surface area contributed by atoms with Gasteiger partial charge < -0.3 is 11.1 Å². The fraction of sp³-hybridized carbons (Fsp3) is 0.929. The molecule has 1 saturated carbocycles. The summed E-state index contributed by atoms with van der Waals surface area (Å²) in [4.78, 5) is 14.1. The van der Waals surface area contributed by atoms with Gasteiger partial charge in [0.05, 0.1) is 0 Å². The topological polar surface area (TPSA) is 58.4 Å². The van der Waals surface area contributed by atoms with E-state index in [4.69, 9.17) is 5.73 Å². The number of nitrogens with zero attached hydrogens (tertiary/aromatic N) is 1. The van der Waals surface area contributed by atoms with Gasteiger partial charge in [0.2, 0.25) is 5.91 Å². The van der Waals surface area contributed by atoms with Crippen LogP contribution in [0, 0.1) is 5.92 Å². The van der Waals surface area contributed by atoms with Crippen molar-refractivity contribution < 1.29 is 4.79 Å². The lowest BCUT2D eigenvalue weighted by Gasteiger charge is -2.36. The Morgan fingerprint density at radius 1 is 1.33 bits per heavy atom. The van der Waals surface area contributed by atoms with Crippen molar-refractivity contribution in [3.63, 3.8) is 0 Å². The zero-order valence-electron chi connectivity index (χ0n) is 11.7. The molecule has 3 N–H and O–H groups in total. The first-order valence-corrected chi connectivity index (χ1v) is 7.30. The molecule has 0 bridgehead atoms. The van der Waals surface area contributed by atoms with E-state index in [0.29, 0.717) is 6.04 Å². The standard InChI is InChI=1S/C14H27N3O/c1-14(16-2,13(15)18)10-17-9-5-8-12(17)11-6-3-4-7-11/h11-12,16H,3-10H2,1-2H3,(H2,15,18). The van der Waals surface area contributed by atoms with Gasteiger partial charge in [0.25, 0.3) is 0 Å². The van der Waals surface area contributed by atoms with Gasteiger partial charge in [-0.05, 0) is 52.1 Å². The molecule has 1 amide bonds. The number of nitrogens with two attached hydrogens (primary N) is 1. The average Bonchev–Trinajstić information content (AvgIpc) is 2.98. The van der Waals surface area contributed by atoms with Gasteiger partial charge in [0.15, 0.2) is 0 Å². The van der Waals surface area contributed by atoms with Gasteiger partial charge in [-0.1, -0.05) is 12.8 Å². The first kappa shape index (κ1) is 13.8. The summed E-state index contributed by atoms with van der Waals surface area (Å²) in [5, 5.41) is 3.10. The lowest BCUT2D eigenvalue weighted by molar-refractivity contribution is -0.124. The monoisotopic (exact) mass is 253 g/mol. The SMILES string of the molecule is CNC(C)(CN1CCCC1C1CCCC1)C(N)=O. The van der Waals surface area contributed by atoms with Gasteiger partial charge in [-0.2, -0.15) is 0 Å². The number of rotatable bonds is 5. The van der Waals surface area contributed by atoms with Crippen molar-refractivity contribution in [2.75, 3.05) is 20.1 Å². The first-order valence-electron chi connectivity index (χ1n) is 7.30. The maximum Gasteiger partial charge on any atom is 0.238 e. The Hall–Kier alpha value is -0.610. The quantitative estimate of drug-likeness (QED) is 0.771. The highest BCUT2D eigenvalue weighted by Gasteiger charge is 2.39. The largest absolute Gasteiger partial charge is 0.368 e. The molecule has 0 aromatic carbocycles. The number of amides is 1. The minimum absolute atomic E-state index is 0.248. The van der Waals surface area contributed by atoms with E-state index in [-0.39, 0.29) is 5.91 Å². The van der Waals surface area contributed by atoms with E-state index >= 15 is 0 Å². The van der Waals surface area contributed by atoms with Crippen molar-refractivity contribution in [2.24, 2.45) is 11.7 Å². The lowest BCUT2D eigenvalue weighted by atomic mass is 9.94. The molecule has 1 aliphatic heterocycles. The van der Waals surface area contributed by atoms with E-state index in [1.807, 2.05) is 14.0 Å². The van der Waals surface area contributed by atoms with Crippen LogP contribution in [0.15, 0.2) is 0 Å². The Labute approximate surface area is 110 Å². The summed E-state index contributed by atoms with van der Waals surface area (Å²) in [5.41, 5.74) is 4.93. The summed E-state index contributed by atoms with van der Waals surface area (Å²) in [6, 6.07) is 0.680. The molecular weight excluding hydrogens is 226 g/mol. The van der Waals surface area contributed by atoms with Gasteiger partial charge in [-0.3, -0.25) is 9.69 Å². The van der Waals surface area contributed by atoms with E-state index in [1.54, 1.807) is 0 Å². The molecular formula is C14H27N3O. The molecule has 104 valence electrons. The maximum atomic E-state index is 11.6. The zero-order valence-corrected chi connectivity index (χ0v) is 11.7. The number of hydrogen-bond donors (Lipinski definition) is 2. The summed E-state index contributed by atoms with van der Waals surface area (Å²) in [5.74, 6) is 0.601. The van der Waals surface area contributed by atoms with E-state index < -0.39 is 5.54 Å². The Balaban J connectivity index is 2.00. The molecule has 4 nitrogen and oxygen atoms in total. The number of likely N-dealkylation sites (tertiary alicyclic amines) is 1. The highest BCUT2D eigenvalue weighted by molar-refractivity contribution is 5.84. The Bertz CT molecular complexity index is 301. The number of carbonyl (C=O) groups is 1. The van der Waals surface area contributed by atoms with Gasteiger partial charge in [-0.15, -0.1) is 0 Å². The summed E-state index contributed by atoms with van der Waals surface area (Å²) < 4.78 is 0. The van der Waals surface area contributed by atoms with Gasteiger partial charge in [-0.25, -0.2) is 0 Å². The lowest BCUT2D eigenvalue weighted by Crippen LogP contribution is -2.59. The Kier molecular flexibility index (Phi) is 4.28. The molecule has 1 aliphatic carbocycles. The molecule has 2 aliphatic rings. The Morgan fingerprint density at radius 3 is 2.56 bits per heavy atom. The predicted molar refractivity (Wildman–Crippen MR) is 73.2 cm³/mol. The normalized spacial score (nSPS) is 29.6. The first-order chi connectivity index (χ1) is 8.57. The molecule has 2 fully saturated rings. The van der Waals surface area contributed by atoms with Crippen molar-refractivity contribution in [2.45, 2.75) is 57.0 Å². The molecule has 4 heteroatoms. The van der Waals surface area contributed by atoms with Crippen molar-refractivity contribution in [1.82, 2.24) is 10.2 Å². The minimum atomic E-state index is -0.596. The smallest absolute Gasteiger partial charge is 0.238 e. The van der Waals surface area contributed by atoms with Crippen LogP contribution in [0.3, 0.4) is 0 Å². The Morgan fingerprint density at radius 2 is 2.00 bits per heavy atom. The van der Waals surface area contributed by atoms with Crippen LogP contribution < -0.4 is 11.1 Å². The molecule has 0 radical (unpaired) electrons. The number of hydrogen-bond acceptors (Lipinski definition) is 3. The summed E-state index contributed by atoms with van der Waals surface area (Å²) in [7, 11) is 1.82. The fourth-order valence-electron chi connectivity index (χ4n) is 3.61. The second-order valence-corrected chi connectivity index (χ2v) is 6.17. The molecule has 1 saturated heterocycles. The average molecular weight is 253 g/mol. The van der Waals surface area contributed by atoms with E-state index in [1.165, 1.54) is 38.5 Å². The fourth-order valence-corrected chi connectivity index (χ4v) is 3.61. The minimum Gasteiger partial charge on any atom is -0.368 e. The third-order valence-electron chi connectivity index (χ3n) is 4.97. The van der Waals surface area contributed by atoms with Crippen LogP contribution in [0.25, 0.3) is 0 Å². The third-order valence-corrected chi connectivity index (χ3v) is 4.97. The zero-order chi connectivity index (χ0) is 13.2. The highest BCUT2D eigenvalue weighted by atomic mass is 16.1. The second-order valence-electron chi connectivity index (χ2n) is 6.17. The van der Waals surface area contributed by atoms with E-state index in [2.05, 4.69) is 10.2 Å². The van der Waals surface area contributed by atoms with Gasteiger partial charge in [0, 0.05) is 12.6 Å². The van der Waals surface area contributed by atoms with Crippen molar-refractivity contribution >= 4 is 5.91 Å². The van der Waals surface area contributed by atoms with Crippen LogP contribution >= 0.6 is 0 Å². The molecule has 2 atom stereocenters. The summed E-state index contributed by atoms with van der Waals surface area (Å²) in [6.45, 7) is 3.78. The van der Waals surface area contributed by atoms with Crippen LogP contribution in [0.4, 0.5) is 0 Å². The number of likely N-dealkylation sites (N-methyl/N-ethyl adjacent to an activating group) is 1. The van der Waals surface area contributed by atoms with Crippen molar-refractivity contribution in [1.29, 1.82) is 0 Å². The molecule has 0 aromatic rings. The number of primary amides is 1. The molecule has 18 heavy (non-hydrogen) atoms. The number of nitrogens with one attached hydrogen (secondary N) is 1. The molecule has 0 aromatic heterocycles. The highest BCUT2D eigenvalue weighted by Crippen LogP contribution is 2.35.